The zero-order valence-electron chi connectivity index (χ0n) is 5.77. The highest BCUT2D eigenvalue weighted by molar-refractivity contribution is 7.80. The van der Waals surface area contributed by atoms with Gasteiger partial charge in [-0.15, -0.1) is 6.58 Å². The van der Waals surface area contributed by atoms with E-state index in [1.807, 2.05) is 6.92 Å². The zero-order valence-corrected chi connectivity index (χ0v) is 6.59. The van der Waals surface area contributed by atoms with Crippen molar-refractivity contribution in [3.05, 3.63) is 12.7 Å². The van der Waals surface area contributed by atoms with E-state index in [-0.39, 0.29) is 0 Å². The van der Waals surface area contributed by atoms with Crippen molar-refractivity contribution in [1.29, 1.82) is 0 Å². The highest BCUT2D eigenvalue weighted by atomic mass is 32.3. The first-order valence-corrected chi connectivity index (χ1v) is 3.61. The lowest BCUT2D eigenvalue weighted by Gasteiger charge is -1.87. The van der Waals surface area contributed by atoms with Gasteiger partial charge in [-0.05, 0) is 6.92 Å². The van der Waals surface area contributed by atoms with Crippen LogP contribution in [0.15, 0.2) is 12.7 Å². The summed E-state index contributed by atoms with van der Waals surface area (Å²) in [5.74, 6) is 0. The van der Waals surface area contributed by atoms with Gasteiger partial charge < -0.3 is 0 Å². The van der Waals surface area contributed by atoms with Crippen LogP contribution in [0.2, 0.25) is 0 Å². The minimum Gasteiger partial charge on any atom is -0.262 e. The molecule has 62 valence electrons. The highest BCUT2D eigenvalue weighted by Crippen LogP contribution is 1.81. The Morgan fingerprint density at radius 3 is 1.90 bits per heavy atom. The molecule has 0 heterocycles. The molecule has 6 heteroatoms. The fourth-order valence-electron chi connectivity index (χ4n) is 0.0860. The van der Waals surface area contributed by atoms with Gasteiger partial charge in [0.1, 0.15) is 0 Å². The zero-order chi connectivity index (χ0) is 8.62. The number of rotatable bonds is 2. The van der Waals surface area contributed by atoms with Gasteiger partial charge in [0.25, 0.3) is 0 Å². The normalized spacial score (nSPS) is 9.50. The Bertz CT molecular complexity index is 158. The fourth-order valence-corrected chi connectivity index (χ4v) is 0.258. The van der Waals surface area contributed by atoms with E-state index >= 15 is 0 Å². The highest BCUT2D eigenvalue weighted by Gasteiger charge is 2.00. The summed E-state index contributed by atoms with van der Waals surface area (Å²) >= 11 is 0. The van der Waals surface area contributed by atoms with Crippen molar-refractivity contribution in [2.24, 2.45) is 0 Å². The van der Waals surface area contributed by atoms with E-state index in [1.165, 1.54) is 0 Å². The van der Waals surface area contributed by atoms with Crippen molar-refractivity contribution < 1.29 is 22.2 Å². The summed E-state index contributed by atoms with van der Waals surface area (Å²) in [4.78, 5) is 3.57. The van der Waals surface area contributed by atoms with E-state index in [1.54, 1.807) is 6.08 Å². The van der Waals surface area contributed by atoms with Gasteiger partial charge in [0.15, 0.2) is 0 Å². The number of allylic oxidation sites excluding steroid dienone is 1. The van der Waals surface area contributed by atoms with Crippen molar-refractivity contribution >= 4 is 10.4 Å². The van der Waals surface area contributed by atoms with Gasteiger partial charge >= 0.3 is 10.4 Å². The molecule has 0 aromatic heterocycles. The molecule has 0 fully saturated rings. The van der Waals surface area contributed by atoms with Crippen molar-refractivity contribution in [3.8, 4) is 0 Å². The molecule has 0 radical (unpaired) electrons. The van der Waals surface area contributed by atoms with Crippen LogP contribution in [0.4, 0.5) is 0 Å². The van der Waals surface area contributed by atoms with E-state index in [9.17, 15) is 8.42 Å². The first kappa shape index (κ1) is 12.3. The molecule has 0 aromatic rings. The van der Waals surface area contributed by atoms with Crippen LogP contribution >= 0.6 is 0 Å². The molecule has 0 unspecified atom stereocenters. The fraction of sp³-hybridized carbons (Fsp3) is 0.500. The standard InChI is InChI=1S/C3H6.CH4O5S/c1-3-2;1-5-6-7(2,3)4/h3H,1H2,2H3;1H3,(H,2,3,4). The third-order valence-corrected chi connectivity index (χ3v) is 0.462. The molecule has 1 N–H and O–H groups in total. The van der Waals surface area contributed by atoms with Crippen LogP contribution in [0.3, 0.4) is 0 Å². The Balaban J connectivity index is 0. The van der Waals surface area contributed by atoms with Crippen LogP contribution < -0.4 is 0 Å². The molecule has 0 saturated heterocycles. The molecule has 0 amide bonds. The SMILES string of the molecule is C=CC.COOS(=O)(=O)O. The summed E-state index contributed by atoms with van der Waals surface area (Å²) in [5, 5.41) is 0. The van der Waals surface area contributed by atoms with Gasteiger partial charge in [-0.1, -0.05) is 10.4 Å². The van der Waals surface area contributed by atoms with Gasteiger partial charge in [0, 0.05) is 0 Å². The molecule has 0 saturated carbocycles. The molecule has 0 aliphatic rings. The van der Waals surface area contributed by atoms with E-state index in [4.69, 9.17) is 4.55 Å². The molecule has 0 rings (SSSR count). The van der Waals surface area contributed by atoms with Crippen LogP contribution in [-0.4, -0.2) is 20.1 Å². The van der Waals surface area contributed by atoms with Crippen LogP contribution in [-0.2, 0) is 19.6 Å². The number of hydrogen-bond donors (Lipinski definition) is 1. The maximum atomic E-state index is 9.44. The smallest absolute Gasteiger partial charge is 0.262 e. The van der Waals surface area contributed by atoms with Gasteiger partial charge in [-0.3, -0.25) is 4.55 Å². The Morgan fingerprint density at radius 1 is 1.60 bits per heavy atom. The van der Waals surface area contributed by atoms with Crippen molar-refractivity contribution in [3.63, 3.8) is 0 Å². The van der Waals surface area contributed by atoms with Gasteiger partial charge in [-0.25, -0.2) is 4.89 Å². The van der Waals surface area contributed by atoms with Crippen molar-refractivity contribution in [1.82, 2.24) is 0 Å². The second kappa shape index (κ2) is 6.69. The van der Waals surface area contributed by atoms with Crippen LogP contribution in [0, 0.1) is 0 Å². The van der Waals surface area contributed by atoms with Crippen LogP contribution in [0.5, 0.6) is 0 Å². The molecule has 10 heavy (non-hydrogen) atoms. The Labute approximate surface area is 60.1 Å². The molecular weight excluding hydrogens is 160 g/mol. The van der Waals surface area contributed by atoms with Crippen molar-refractivity contribution in [2.75, 3.05) is 7.11 Å². The lowest BCUT2D eigenvalue weighted by Crippen LogP contribution is -2.00. The van der Waals surface area contributed by atoms with Gasteiger partial charge in [0.05, 0.1) is 7.11 Å². The first-order chi connectivity index (χ1) is 4.47. The topological polar surface area (TPSA) is 72.8 Å². The molecule has 0 aliphatic carbocycles. The molecule has 0 aromatic carbocycles. The molecule has 5 nitrogen and oxygen atoms in total. The minimum atomic E-state index is -4.40. The maximum absolute atomic E-state index is 9.44. The van der Waals surface area contributed by atoms with E-state index in [2.05, 4.69) is 15.8 Å². The molecular formula is C4H10O5S. The van der Waals surface area contributed by atoms with E-state index in [0.717, 1.165) is 7.11 Å². The maximum Gasteiger partial charge on any atom is 0.424 e. The lowest BCUT2D eigenvalue weighted by atomic mass is 10.8. The molecule has 0 atom stereocenters. The van der Waals surface area contributed by atoms with Gasteiger partial charge in [0.2, 0.25) is 0 Å². The minimum absolute atomic E-state index is 0.966. The molecule has 0 spiro atoms. The predicted molar refractivity (Wildman–Crippen MR) is 35.5 cm³/mol. The Morgan fingerprint density at radius 2 is 1.90 bits per heavy atom. The lowest BCUT2D eigenvalue weighted by molar-refractivity contribution is -0.179. The second-order valence-corrected chi connectivity index (χ2v) is 2.06. The molecule has 0 bridgehead atoms. The third kappa shape index (κ3) is 25.6. The van der Waals surface area contributed by atoms with Gasteiger partial charge in [-0.2, -0.15) is 8.42 Å². The molecule has 0 aliphatic heterocycles. The summed E-state index contributed by atoms with van der Waals surface area (Å²) in [5.41, 5.74) is 0. The van der Waals surface area contributed by atoms with E-state index in [0.29, 0.717) is 0 Å². The summed E-state index contributed by atoms with van der Waals surface area (Å²) in [6.07, 6.45) is 1.75. The summed E-state index contributed by atoms with van der Waals surface area (Å²) < 4.78 is 29.8. The largest absolute Gasteiger partial charge is 0.424 e. The monoisotopic (exact) mass is 170 g/mol. The third-order valence-electron chi connectivity index (χ3n) is 0.154. The first-order valence-electron chi connectivity index (χ1n) is 2.24. The van der Waals surface area contributed by atoms with E-state index < -0.39 is 10.4 Å². The number of hydrogen-bond acceptors (Lipinski definition) is 4. The van der Waals surface area contributed by atoms with Crippen LogP contribution in [0.25, 0.3) is 0 Å². The average molecular weight is 170 g/mol. The Hall–Kier alpha value is -0.430. The quantitative estimate of drug-likeness (QED) is 0.284. The summed E-state index contributed by atoms with van der Waals surface area (Å²) in [6.45, 7) is 5.25. The summed E-state index contributed by atoms with van der Waals surface area (Å²) in [6, 6.07) is 0. The predicted octanol–water partition coefficient (Wildman–Crippen LogP) is 0.560. The van der Waals surface area contributed by atoms with Crippen LogP contribution in [0.1, 0.15) is 6.92 Å². The second-order valence-electron chi connectivity index (χ2n) is 1.07. The van der Waals surface area contributed by atoms with Crippen molar-refractivity contribution in [2.45, 2.75) is 6.92 Å². The summed E-state index contributed by atoms with van der Waals surface area (Å²) in [7, 11) is -3.43. The Kier molecular flexibility index (Phi) is 8.20. The average Bonchev–Trinajstić information content (AvgIpc) is 1.63.